The van der Waals surface area contributed by atoms with Gasteiger partial charge in [0.15, 0.2) is 5.82 Å². The largest absolute Gasteiger partial charge is 0.507 e. The van der Waals surface area contributed by atoms with Gasteiger partial charge in [0.1, 0.15) is 10.9 Å². The van der Waals surface area contributed by atoms with E-state index in [1.165, 1.54) is 0 Å². The second-order valence-corrected chi connectivity index (χ2v) is 5.29. The highest BCUT2D eigenvalue weighted by Crippen LogP contribution is 2.30. The first-order valence-corrected chi connectivity index (χ1v) is 6.73. The molecule has 0 aliphatic rings. The van der Waals surface area contributed by atoms with E-state index in [0.717, 1.165) is 15.4 Å². The fraction of sp³-hybridized carbons (Fsp3) is 0. The van der Waals surface area contributed by atoms with Crippen LogP contribution in [0.3, 0.4) is 0 Å². The van der Waals surface area contributed by atoms with Crippen LogP contribution in [0.15, 0.2) is 46.9 Å². The Labute approximate surface area is 123 Å². The lowest BCUT2D eigenvalue weighted by Gasteiger charge is -2.06. The number of phenolic OH excluding ortho intramolecular Hbond substituents is 1. The van der Waals surface area contributed by atoms with Crippen molar-refractivity contribution in [3.8, 4) is 17.1 Å². The molecule has 2 aromatic carbocycles. The first-order valence-electron chi connectivity index (χ1n) is 5.56. The molecule has 0 amide bonds. The van der Waals surface area contributed by atoms with E-state index >= 15 is 0 Å². The Bertz CT molecular complexity index is 776. The lowest BCUT2D eigenvalue weighted by molar-refractivity contribution is 0.477. The van der Waals surface area contributed by atoms with Gasteiger partial charge in [0.05, 0.1) is 11.1 Å². The molecule has 1 N–H and O–H groups in total. The van der Waals surface area contributed by atoms with E-state index in [-0.39, 0.29) is 5.75 Å². The van der Waals surface area contributed by atoms with Crippen molar-refractivity contribution in [3.05, 3.63) is 52.1 Å². The minimum atomic E-state index is 0.134. The van der Waals surface area contributed by atoms with Gasteiger partial charge in [-0.15, -0.1) is 0 Å². The smallest absolute Gasteiger partial charge is 0.165 e. The third kappa shape index (κ3) is 2.29. The van der Waals surface area contributed by atoms with Gasteiger partial charge in [0.2, 0.25) is 0 Å². The number of para-hydroxylation sites is 1. The molecule has 0 bridgehead atoms. The molecule has 0 saturated carbocycles. The third-order valence-corrected chi connectivity index (χ3v) is 3.54. The van der Waals surface area contributed by atoms with Crippen LogP contribution in [0, 0.1) is 0 Å². The maximum Gasteiger partial charge on any atom is 0.165 e. The zero-order chi connectivity index (χ0) is 13.4. The van der Waals surface area contributed by atoms with Crippen molar-refractivity contribution in [2.75, 3.05) is 0 Å². The van der Waals surface area contributed by atoms with Crippen LogP contribution < -0.4 is 0 Å². The monoisotopic (exact) mass is 334 g/mol. The van der Waals surface area contributed by atoms with Crippen LogP contribution in [-0.4, -0.2) is 15.1 Å². The number of halogens is 2. The quantitative estimate of drug-likeness (QED) is 0.670. The van der Waals surface area contributed by atoms with Crippen molar-refractivity contribution in [2.45, 2.75) is 0 Å². The van der Waals surface area contributed by atoms with Gasteiger partial charge in [0, 0.05) is 9.86 Å². The Morgan fingerprint density at radius 1 is 1.05 bits per heavy atom. The summed E-state index contributed by atoms with van der Waals surface area (Å²) in [6.07, 6.45) is 0. The minimum Gasteiger partial charge on any atom is -0.507 e. The molecular formula is C14H8BrClN2O. The highest BCUT2D eigenvalue weighted by Gasteiger charge is 2.11. The van der Waals surface area contributed by atoms with E-state index in [2.05, 4.69) is 25.9 Å². The van der Waals surface area contributed by atoms with Crippen molar-refractivity contribution in [1.82, 2.24) is 9.97 Å². The first-order chi connectivity index (χ1) is 9.15. The molecule has 3 rings (SSSR count). The molecule has 0 radical (unpaired) electrons. The van der Waals surface area contributed by atoms with Gasteiger partial charge in [-0.25, -0.2) is 9.97 Å². The summed E-state index contributed by atoms with van der Waals surface area (Å²) in [6.45, 7) is 0. The second-order valence-electron chi connectivity index (χ2n) is 4.02. The maximum atomic E-state index is 9.84. The van der Waals surface area contributed by atoms with E-state index in [0.29, 0.717) is 16.5 Å². The summed E-state index contributed by atoms with van der Waals surface area (Å²) < 4.78 is 0.917. The van der Waals surface area contributed by atoms with Crippen LogP contribution in [0.1, 0.15) is 0 Å². The summed E-state index contributed by atoms with van der Waals surface area (Å²) in [4.78, 5) is 8.68. The van der Waals surface area contributed by atoms with Crippen LogP contribution in [0.4, 0.5) is 0 Å². The molecule has 19 heavy (non-hydrogen) atoms. The lowest BCUT2D eigenvalue weighted by atomic mass is 10.1. The zero-order valence-electron chi connectivity index (χ0n) is 9.64. The predicted octanol–water partition coefficient (Wildman–Crippen LogP) is 4.42. The number of hydrogen-bond acceptors (Lipinski definition) is 3. The summed E-state index contributed by atoms with van der Waals surface area (Å²) in [7, 11) is 0. The number of fused-ring (bicyclic) bond motifs is 1. The Hall–Kier alpha value is -1.65. The summed E-state index contributed by atoms with van der Waals surface area (Å²) in [5, 5.41) is 11.0. The molecule has 0 saturated heterocycles. The Balaban J connectivity index is 2.27. The molecule has 1 heterocycles. The fourth-order valence-electron chi connectivity index (χ4n) is 1.85. The molecule has 0 fully saturated rings. The summed E-state index contributed by atoms with van der Waals surface area (Å²) in [5.41, 5.74) is 1.30. The molecule has 0 atom stereocenters. The van der Waals surface area contributed by atoms with Crippen molar-refractivity contribution >= 4 is 38.4 Å². The van der Waals surface area contributed by atoms with Crippen molar-refractivity contribution < 1.29 is 5.11 Å². The number of aromatic nitrogens is 2. The fourth-order valence-corrected chi connectivity index (χ4v) is 2.44. The van der Waals surface area contributed by atoms with Gasteiger partial charge in [-0.1, -0.05) is 39.7 Å². The van der Waals surface area contributed by atoms with E-state index in [9.17, 15) is 5.11 Å². The third-order valence-electron chi connectivity index (χ3n) is 2.76. The molecule has 3 nitrogen and oxygen atoms in total. The van der Waals surface area contributed by atoms with Crippen LogP contribution in [0.25, 0.3) is 22.3 Å². The number of benzene rings is 2. The van der Waals surface area contributed by atoms with Gasteiger partial charge in [-0.05, 0) is 30.3 Å². The molecule has 94 valence electrons. The van der Waals surface area contributed by atoms with Crippen LogP contribution in [0.5, 0.6) is 5.75 Å². The van der Waals surface area contributed by atoms with Crippen LogP contribution in [-0.2, 0) is 0 Å². The lowest BCUT2D eigenvalue weighted by Crippen LogP contribution is -1.92. The standard InChI is InChI=1S/C14H8BrClN2O/c15-8-5-6-11-10(7-8)13(16)18-14(17-11)9-3-1-2-4-12(9)19/h1-7,19H. The minimum absolute atomic E-state index is 0.134. The van der Waals surface area contributed by atoms with Crippen molar-refractivity contribution in [2.24, 2.45) is 0 Å². The Morgan fingerprint density at radius 3 is 2.63 bits per heavy atom. The molecule has 3 aromatic rings. The van der Waals surface area contributed by atoms with Gasteiger partial charge in [0.25, 0.3) is 0 Å². The highest BCUT2D eigenvalue weighted by molar-refractivity contribution is 9.10. The first kappa shape index (κ1) is 12.4. The van der Waals surface area contributed by atoms with Crippen molar-refractivity contribution in [1.29, 1.82) is 0 Å². The van der Waals surface area contributed by atoms with Gasteiger partial charge >= 0.3 is 0 Å². The molecule has 0 aliphatic heterocycles. The van der Waals surface area contributed by atoms with Gasteiger partial charge < -0.3 is 5.11 Å². The summed E-state index contributed by atoms with van der Waals surface area (Å²) >= 11 is 9.57. The van der Waals surface area contributed by atoms with Crippen molar-refractivity contribution in [3.63, 3.8) is 0 Å². The van der Waals surface area contributed by atoms with E-state index in [4.69, 9.17) is 11.6 Å². The average Bonchev–Trinajstić information content (AvgIpc) is 2.40. The van der Waals surface area contributed by atoms with E-state index in [1.807, 2.05) is 24.3 Å². The number of hydrogen-bond donors (Lipinski definition) is 1. The zero-order valence-corrected chi connectivity index (χ0v) is 12.0. The molecule has 1 aromatic heterocycles. The SMILES string of the molecule is Oc1ccccc1-c1nc(Cl)c2cc(Br)ccc2n1. The normalized spacial score (nSPS) is 10.8. The highest BCUT2D eigenvalue weighted by atomic mass is 79.9. The number of phenols is 1. The Kier molecular flexibility index (Phi) is 3.12. The van der Waals surface area contributed by atoms with Crippen LogP contribution in [0.2, 0.25) is 5.15 Å². The predicted molar refractivity (Wildman–Crippen MR) is 79.3 cm³/mol. The molecule has 0 aliphatic carbocycles. The number of aromatic hydroxyl groups is 1. The second kappa shape index (κ2) is 4.79. The molecule has 0 spiro atoms. The Morgan fingerprint density at radius 2 is 1.84 bits per heavy atom. The molecular weight excluding hydrogens is 328 g/mol. The number of rotatable bonds is 1. The van der Waals surface area contributed by atoms with E-state index in [1.54, 1.807) is 18.2 Å². The topological polar surface area (TPSA) is 46.0 Å². The average molecular weight is 336 g/mol. The summed E-state index contributed by atoms with van der Waals surface area (Å²) in [6, 6.07) is 12.5. The maximum absolute atomic E-state index is 9.84. The number of nitrogens with zero attached hydrogens (tertiary/aromatic N) is 2. The van der Waals surface area contributed by atoms with E-state index < -0.39 is 0 Å². The molecule has 5 heteroatoms. The summed E-state index contributed by atoms with van der Waals surface area (Å²) in [5.74, 6) is 0.549. The van der Waals surface area contributed by atoms with Gasteiger partial charge in [-0.3, -0.25) is 0 Å². The van der Waals surface area contributed by atoms with Gasteiger partial charge in [-0.2, -0.15) is 0 Å². The molecule has 0 unspecified atom stereocenters. The van der Waals surface area contributed by atoms with Crippen LogP contribution >= 0.6 is 27.5 Å².